The zero-order chi connectivity index (χ0) is 22.9. The Morgan fingerprint density at radius 2 is 1.71 bits per heavy atom. The van der Waals surface area contributed by atoms with Crippen LogP contribution in [0.15, 0.2) is 0 Å². The van der Waals surface area contributed by atoms with Crippen LogP contribution >= 0.6 is 12.6 Å². The molecule has 15 heteroatoms. The van der Waals surface area contributed by atoms with Crippen LogP contribution in [0.3, 0.4) is 0 Å². The van der Waals surface area contributed by atoms with Gasteiger partial charge in [0.2, 0.25) is 5.91 Å². The Bertz CT molecular complexity index is 642. The Hall–Kier alpha value is -1.58. The highest BCUT2D eigenvalue weighted by Crippen LogP contribution is 2.12. The second-order valence-corrected chi connectivity index (χ2v) is 7.90. The first kappa shape index (κ1) is 28.6. The van der Waals surface area contributed by atoms with E-state index < -0.39 is 57.2 Å². The van der Waals surface area contributed by atoms with E-state index in [1.807, 2.05) is 0 Å². The Morgan fingerprint density at radius 3 is 2.00 bits per heavy atom. The lowest BCUT2D eigenvalue weighted by Gasteiger charge is -2.23. The fourth-order valence-corrected chi connectivity index (χ4v) is 2.42. The minimum atomic E-state index is -5.19. The predicted octanol–water partition coefficient (Wildman–Crippen LogP) is -1.91. The zero-order valence-electron chi connectivity index (χ0n) is 15.0. The number of amides is 1. The number of carboxylic acid groups (broad SMARTS) is 2. The summed E-state index contributed by atoms with van der Waals surface area (Å²) in [5, 5.41) is 19.3. The van der Waals surface area contributed by atoms with Crippen molar-refractivity contribution in [2.45, 2.75) is 50.2 Å². The molecule has 0 aromatic carbocycles. The van der Waals surface area contributed by atoms with E-state index in [-0.39, 0.29) is 12.3 Å². The van der Waals surface area contributed by atoms with Gasteiger partial charge in [-0.3, -0.25) is 9.35 Å². The number of carbonyl (C=O) groups is 3. The summed E-state index contributed by atoms with van der Waals surface area (Å²) in [5.41, 5.74) is 3.62. The molecule has 6 N–H and O–H groups in total. The summed E-state index contributed by atoms with van der Waals surface area (Å²) < 4.78 is 61.5. The van der Waals surface area contributed by atoms with Crippen LogP contribution in [0.4, 0.5) is 13.2 Å². The van der Waals surface area contributed by atoms with Crippen LogP contribution in [0.1, 0.15) is 26.7 Å². The van der Waals surface area contributed by atoms with Crippen molar-refractivity contribution in [1.82, 2.24) is 5.32 Å². The molecule has 166 valence electrons. The quantitative estimate of drug-likeness (QED) is 0.196. The number of alkyl halides is 3. The largest absolute Gasteiger partial charge is 0.542 e. The molecule has 28 heavy (non-hydrogen) atoms. The molecule has 0 radical (unpaired) electrons. The van der Waals surface area contributed by atoms with Crippen molar-refractivity contribution in [3.05, 3.63) is 0 Å². The fraction of sp³-hybridized carbons (Fsp3) is 0.769. The summed E-state index contributed by atoms with van der Waals surface area (Å²) in [4.78, 5) is 31.8. The van der Waals surface area contributed by atoms with Gasteiger partial charge in [-0.25, -0.2) is 4.79 Å². The van der Waals surface area contributed by atoms with Gasteiger partial charge in [-0.05, 0) is 5.92 Å². The highest BCUT2D eigenvalue weighted by Gasteiger charge is 2.31. The first-order chi connectivity index (χ1) is 12.4. The number of hydrogen-bond donors (Lipinski definition) is 5. The van der Waals surface area contributed by atoms with Crippen molar-refractivity contribution in [2.24, 2.45) is 5.92 Å². The minimum absolute atomic E-state index is 0.0541. The number of hydrogen-bond acceptors (Lipinski definition) is 7. The molecule has 0 aliphatic carbocycles. The Morgan fingerprint density at radius 1 is 1.29 bits per heavy atom. The highest BCUT2D eigenvalue weighted by molar-refractivity contribution is 7.85. The van der Waals surface area contributed by atoms with Crippen molar-refractivity contribution in [2.75, 3.05) is 5.75 Å². The van der Waals surface area contributed by atoms with Gasteiger partial charge in [0, 0.05) is 6.42 Å². The standard InChI is InChI=1S/C11H22N2O6S2.C2HF3O2/c1-3-6(2)8(11(15)16)13-10(14)9(20)7(12)4-5-21(17,18)19;3-2(4,5)1(6)7/h6-9,20H,3-5,12H2,1-2H3,(H,13,14)(H,15,16)(H,17,18,19);(H,6,7)/t6-,7+,8-,9-;/m0./s1. The number of rotatable bonds is 9. The molecule has 1 amide bonds. The molecule has 0 bridgehead atoms. The lowest BCUT2D eigenvalue weighted by atomic mass is 9.99. The van der Waals surface area contributed by atoms with Crippen LogP contribution in [0.5, 0.6) is 0 Å². The number of carboxylic acids is 2. The maximum absolute atomic E-state index is 11.9. The molecule has 0 aliphatic rings. The normalized spacial score (nSPS) is 16.0. The third-order valence-electron chi connectivity index (χ3n) is 3.47. The summed E-state index contributed by atoms with van der Waals surface area (Å²) in [7, 11) is -4.13. The third kappa shape index (κ3) is 12.7. The van der Waals surface area contributed by atoms with E-state index in [1.165, 1.54) is 0 Å². The second kappa shape index (κ2) is 12.1. The number of halogens is 3. The van der Waals surface area contributed by atoms with Crippen molar-refractivity contribution >= 4 is 40.6 Å². The number of aliphatic carboxylic acids is 2. The molecule has 0 aromatic heterocycles. The zero-order valence-corrected chi connectivity index (χ0v) is 16.7. The lowest BCUT2D eigenvalue weighted by Crippen LogP contribution is -2.68. The van der Waals surface area contributed by atoms with Crippen LogP contribution in [0.2, 0.25) is 0 Å². The molecule has 0 saturated carbocycles. The van der Waals surface area contributed by atoms with Gasteiger partial charge < -0.3 is 26.1 Å². The van der Waals surface area contributed by atoms with Gasteiger partial charge in [-0.15, -0.1) is 0 Å². The SMILES string of the molecule is CC[C@H](C)[C@H](NC(=O)[C@@H](S)[C@H]([NH3+])CCS(=O)(=O)O)C(=O)O.O=C([O-])C(F)(F)F. The summed E-state index contributed by atoms with van der Waals surface area (Å²) in [6.07, 6.45) is -4.67. The minimum Gasteiger partial charge on any atom is -0.542 e. The van der Waals surface area contributed by atoms with Gasteiger partial charge in [0.1, 0.15) is 23.3 Å². The molecule has 0 spiro atoms. The topological polar surface area (TPSA) is 189 Å². The Labute approximate surface area is 164 Å². The number of thiol groups is 1. The van der Waals surface area contributed by atoms with E-state index in [0.717, 1.165) is 0 Å². The van der Waals surface area contributed by atoms with E-state index in [0.29, 0.717) is 6.42 Å². The maximum Gasteiger partial charge on any atom is 0.430 e. The van der Waals surface area contributed by atoms with Crippen LogP contribution < -0.4 is 16.2 Å². The van der Waals surface area contributed by atoms with E-state index in [9.17, 15) is 31.2 Å². The Balaban J connectivity index is 0. The molecule has 0 aliphatic heterocycles. The number of carbonyl (C=O) groups excluding carboxylic acids is 2. The van der Waals surface area contributed by atoms with Crippen molar-refractivity contribution < 1.29 is 56.5 Å². The average Bonchev–Trinajstić information content (AvgIpc) is 2.54. The lowest BCUT2D eigenvalue weighted by molar-refractivity contribution is -0.416. The predicted molar refractivity (Wildman–Crippen MR) is 90.6 cm³/mol. The molecule has 0 saturated heterocycles. The molecule has 0 unspecified atom stereocenters. The first-order valence-electron chi connectivity index (χ1n) is 7.71. The molecule has 0 aromatic rings. The molecule has 0 rings (SSSR count). The number of quaternary nitrogens is 1. The molecule has 0 fully saturated rings. The highest BCUT2D eigenvalue weighted by atomic mass is 32.2. The van der Waals surface area contributed by atoms with Crippen molar-refractivity contribution in [3.63, 3.8) is 0 Å². The van der Waals surface area contributed by atoms with Crippen LogP contribution in [-0.2, 0) is 24.5 Å². The number of nitrogens with one attached hydrogen (secondary N) is 1. The molecule has 4 atom stereocenters. The summed E-state index contributed by atoms with van der Waals surface area (Å²) in [5.74, 6) is -5.56. The van der Waals surface area contributed by atoms with Crippen molar-refractivity contribution in [1.29, 1.82) is 0 Å². The van der Waals surface area contributed by atoms with E-state index in [1.54, 1.807) is 13.8 Å². The molecular formula is C13H23F3N2O8S2. The van der Waals surface area contributed by atoms with Crippen LogP contribution in [-0.4, -0.2) is 65.2 Å². The van der Waals surface area contributed by atoms with E-state index >= 15 is 0 Å². The smallest absolute Gasteiger partial charge is 0.430 e. The maximum atomic E-state index is 11.9. The fourth-order valence-electron chi connectivity index (χ4n) is 1.59. The van der Waals surface area contributed by atoms with Gasteiger partial charge >= 0.3 is 12.1 Å². The van der Waals surface area contributed by atoms with Crippen LogP contribution in [0.25, 0.3) is 0 Å². The van der Waals surface area contributed by atoms with Gasteiger partial charge in [0.25, 0.3) is 10.1 Å². The molecular weight excluding hydrogens is 433 g/mol. The first-order valence-corrected chi connectivity index (χ1v) is 9.84. The third-order valence-corrected chi connectivity index (χ3v) is 4.88. The summed E-state index contributed by atoms with van der Waals surface area (Å²) in [6, 6.07) is -1.72. The molecule has 0 heterocycles. The van der Waals surface area contributed by atoms with Gasteiger partial charge in [-0.2, -0.15) is 34.2 Å². The summed E-state index contributed by atoms with van der Waals surface area (Å²) in [6.45, 7) is 3.51. The van der Waals surface area contributed by atoms with Gasteiger partial charge in [0.15, 0.2) is 0 Å². The van der Waals surface area contributed by atoms with E-state index in [2.05, 4.69) is 23.7 Å². The Kier molecular flexibility index (Phi) is 12.4. The van der Waals surface area contributed by atoms with Gasteiger partial charge in [0.05, 0.1) is 5.75 Å². The van der Waals surface area contributed by atoms with Crippen molar-refractivity contribution in [3.8, 4) is 0 Å². The van der Waals surface area contributed by atoms with Gasteiger partial charge in [-0.1, -0.05) is 20.3 Å². The monoisotopic (exact) mass is 456 g/mol. The average molecular weight is 456 g/mol. The molecule has 10 nitrogen and oxygen atoms in total. The van der Waals surface area contributed by atoms with E-state index in [4.69, 9.17) is 19.6 Å². The second-order valence-electron chi connectivity index (χ2n) is 5.77. The van der Waals surface area contributed by atoms with Crippen LogP contribution in [0, 0.1) is 5.92 Å². The summed E-state index contributed by atoms with van der Waals surface area (Å²) >= 11 is 4.05.